The largest absolute Gasteiger partial charge is 0.494 e. The van der Waals surface area contributed by atoms with Crippen molar-refractivity contribution in [3.05, 3.63) is 17.7 Å². The van der Waals surface area contributed by atoms with Crippen molar-refractivity contribution in [3.63, 3.8) is 0 Å². The lowest BCUT2D eigenvalue weighted by atomic mass is 10.1. The smallest absolute Gasteiger partial charge is 0.343 e. The molecular weight excluding hydrogens is 256 g/mol. The van der Waals surface area contributed by atoms with E-state index in [2.05, 4.69) is 0 Å². The monoisotopic (exact) mass is 272 g/mol. The van der Waals surface area contributed by atoms with Gasteiger partial charge in [0.25, 0.3) is 0 Å². The van der Waals surface area contributed by atoms with E-state index in [0.29, 0.717) is 4.90 Å². The Bertz CT molecular complexity index is 482. The molecule has 0 amide bonds. The molecule has 0 radical (unpaired) electrons. The first kappa shape index (κ1) is 14.5. The molecular formula is C12H16O5S. The van der Waals surface area contributed by atoms with Crippen LogP contribution in [0.15, 0.2) is 17.0 Å². The summed E-state index contributed by atoms with van der Waals surface area (Å²) < 4.78 is 22.0. The number of rotatable bonds is 5. The molecule has 0 fully saturated rings. The fourth-order valence-electron chi connectivity index (χ4n) is 1.53. The average molecular weight is 272 g/mol. The Balaban J connectivity index is 3.48. The van der Waals surface area contributed by atoms with Gasteiger partial charge in [-0.25, -0.2) is 4.79 Å². The maximum atomic E-state index is 11.5. The molecule has 100 valence electrons. The van der Waals surface area contributed by atoms with Gasteiger partial charge in [0.15, 0.2) is 5.75 Å². The highest BCUT2D eigenvalue weighted by Crippen LogP contribution is 2.34. The maximum absolute atomic E-state index is 11.5. The zero-order chi connectivity index (χ0) is 13.9. The molecule has 0 aliphatic rings. The van der Waals surface area contributed by atoms with E-state index in [1.807, 2.05) is 0 Å². The third-order valence-electron chi connectivity index (χ3n) is 2.17. The summed E-state index contributed by atoms with van der Waals surface area (Å²) in [5.74, 6) is -0.875. The van der Waals surface area contributed by atoms with Gasteiger partial charge in [-0.3, -0.25) is 4.21 Å². The van der Waals surface area contributed by atoms with Crippen LogP contribution < -0.4 is 9.47 Å². The Labute approximate surface area is 108 Å². The highest BCUT2D eigenvalue weighted by molar-refractivity contribution is 7.84. The highest BCUT2D eigenvalue weighted by atomic mass is 32.2. The second kappa shape index (κ2) is 5.86. The molecule has 0 aliphatic heterocycles. The van der Waals surface area contributed by atoms with Crippen LogP contribution in [0.2, 0.25) is 0 Å². The Morgan fingerprint density at radius 2 is 2.00 bits per heavy atom. The molecule has 0 aliphatic carbocycles. The molecule has 5 nitrogen and oxygen atoms in total. The predicted octanol–water partition coefficient (Wildman–Crippen LogP) is 1.92. The first-order valence-electron chi connectivity index (χ1n) is 5.32. The van der Waals surface area contributed by atoms with E-state index in [-0.39, 0.29) is 23.2 Å². The molecule has 0 aromatic heterocycles. The van der Waals surface area contributed by atoms with Crippen molar-refractivity contribution >= 4 is 16.8 Å². The van der Waals surface area contributed by atoms with Crippen molar-refractivity contribution in [2.24, 2.45) is 0 Å². The second-order valence-electron chi connectivity index (χ2n) is 3.90. The maximum Gasteiger partial charge on any atom is 0.343 e. The number of benzene rings is 1. The fourth-order valence-corrected chi connectivity index (χ4v) is 2.24. The summed E-state index contributed by atoms with van der Waals surface area (Å²) in [6, 6.07) is 3.06. The molecule has 1 aromatic rings. The number of carboxylic acid groups (broad SMARTS) is 1. The summed E-state index contributed by atoms with van der Waals surface area (Å²) in [7, 11) is 0.0125. The predicted molar refractivity (Wildman–Crippen MR) is 68.0 cm³/mol. The summed E-state index contributed by atoms with van der Waals surface area (Å²) in [6.45, 7) is 3.59. The molecule has 6 heteroatoms. The number of methoxy groups -OCH3 is 1. The quantitative estimate of drug-likeness (QED) is 0.886. The topological polar surface area (TPSA) is 72.8 Å². The van der Waals surface area contributed by atoms with Gasteiger partial charge in [0.2, 0.25) is 0 Å². The van der Waals surface area contributed by atoms with Crippen molar-refractivity contribution < 1.29 is 23.6 Å². The Morgan fingerprint density at radius 1 is 1.39 bits per heavy atom. The molecule has 18 heavy (non-hydrogen) atoms. The number of carboxylic acids is 1. The number of aromatic carboxylic acids is 1. The first-order chi connectivity index (χ1) is 8.38. The lowest BCUT2D eigenvalue weighted by Gasteiger charge is -2.16. The van der Waals surface area contributed by atoms with Gasteiger partial charge < -0.3 is 14.6 Å². The van der Waals surface area contributed by atoms with E-state index in [4.69, 9.17) is 9.47 Å². The van der Waals surface area contributed by atoms with Crippen LogP contribution in [-0.4, -0.2) is 34.8 Å². The summed E-state index contributed by atoms with van der Waals surface area (Å²) in [5, 5.41) is 9.24. The van der Waals surface area contributed by atoms with Gasteiger partial charge in [0.05, 0.1) is 28.9 Å². The van der Waals surface area contributed by atoms with Gasteiger partial charge in [-0.1, -0.05) is 0 Å². The first-order valence-corrected chi connectivity index (χ1v) is 6.88. The van der Waals surface area contributed by atoms with E-state index in [9.17, 15) is 14.1 Å². The van der Waals surface area contributed by atoms with E-state index in [1.54, 1.807) is 19.9 Å². The standard InChI is InChI=1S/C12H16O5S/c1-7(2)17-8-5-6-9(18(4)15)11(16-3)10(8)12(13)14/h5-7H,1-4H3,(H,13,14). The van der Waals surface area contributed by atoms with Gasteiger partial charge in [-0.05, 0) is 26.0 Å². The number of ether oxygens (including phenoxy) is 2. The molecule has 1 rings (SSSR count). The third kappa shape index (κ3) is 3.01. The van der Waals surface area contributed by atoms with Gasteiger partial charge >= 0.3 is 5.97 Å². The zero-order valence-electron chi connectivity index (χ0n) is 10.7. The van der Waals surface area contributed by atoms with E-state index in [0.717, 1.165) is 0 Å². The van der Waals surface area contributed by atoms with Crippen molar-refractivity contribution in [2.45, 2.75) is 24.8 Å². The van der Waals surface area contributed by atoms with Crippen LogP contribution in [0.1, 0.15) is 24.2 Å². The Morgan fingerprint density at radius 3 is 2.39 bits per heavy atom. The molecule has 0 spiro atoms. The van der Waals surface area contributed by atoms with E-state index >= 15 is 0 Å². The van der Waals surface area contributed by atoms with Crippen LogP contribution in [-0.2, 0) is 10.8 Å². The van der Waals surface area contributed by atoms with Crippen molar-refractivity contribution in [1.82, 2.24) is 0 Å². The Hall–Kier alpha value is -1.56. The molecule has 1 atom stereocenters. The number of carbonyl (C=O) groups is 1. The highest BCUT2D eigenvalue weighted by Gasteiger charge is 2.23. The van der Waals surface area contributed by atoms with Crippen LogP contribution in [0.5, 0.6) is 11.5 Å². The fraction of sp³-hybridized carbons (Fsp3) is 0.417. The van der Waals surface area contributed by atoms with Crippen LogP contribution >= 0.6 is 0 Å². The number of hydrogen-bond donors (Lipinski definition) is 1. The minimum absolute atomic E-state index is 0.0847. The van der Waals surface area contributed by atoms with Crippen LogP contribution in [0.3, 0.4) is 0 Å². The summed E-state index contributed by atoms with van der Waals surface area (Å²) in [5.41, 5.74) is -0.0982. The summed E-state index contributed by atoms with van der Waals surface area (Å²) >= 11 is 0. The minimum atomic E-state index is -1.33. The molecule has 1 N–H and O–H groups in total. The average Bonchev–Trinajstić information content (AvgIpc) is 2.26. The zero-order valence-corrected chi connectivity index (χ0v) is 11.5. The SMILES string of the molecule is COc1c(S(C)=O)ccc(OC(C)C)c1C(=O)O. The van der Waals surface area contributed by atoms with Gasteiger partial charge in [-0.15, -0.1) is 0 Å². The Kier molecular flexibility index (Phi) is 4.72. The molecule has 0 saturated carbocycles. The number of hydrogen-bond acceptors (Lipinski definition) is 4. The molecule has 0 bridgehead atoms. The van der Waals surface area contributed by atoms with Crippen LogP contribution in [0.4, 0.5) is 0 Å². The van der Waals surface area contributed by atoms with Crippen LogP contribution in [0, 0.1) is 0 Å². The molecule has 1 aromatic carbocycles. The summed E-state index contributed by atoms with van der Waals surface area (Å²) in [6.07, 6.45) is 1.30. The van der Waals surface area contributed by atoms with Crippen LogP contribution in [0.25, 0.3) is 0 Å². The second-order valence-corrected chi connectivity index (χ2v) is 5.24. The molecule has 0 heterocycles. The lowest BCUT2D eigenvalue weighted by molar-refractivity contribution is 0.0686. The van der Waals surface area contributed by atoms with E-state index in [1.165, 1.54) is 19.4 Å². The van der Waals surface area contributed by atoms with Gasteiger partial charge in [-0.2, -0.15) is 0 Å². The lowest BCUT2D eigenvalue weighted by Crippen LogP contribution is -2.12. The van der Waals surface area contributed by atoms with E-state index < -0.39 is 16.8 Å². The van der Waals surface area contributed by atoms with Crippen molar-refractivity contribution in [2.75, 3.05) is 13.4 Å². The van der Waals surface area contributed by atoms with Gasteiger partial charge in [0.1, 0.15) is 11.3 Å². The summed E-state index contributed by atoms with van der Waals surface area (Å²) in [4.78, 5) is 11.6. The normalized spacial score (nSPS) is 12.3. The minimum Gasteiger partial charge on any atom is -0.494 e. The van der Waals surface area contributed by atoms with Gasteiger partial charge in [0, 0.05) is 6.26 Å². The molecule has 0 saturated heterocycles. The molecule has 1 unspecified atom stereocenters. The van der Waals surface area contributed by atoms with Crippen molar-refractivity contribution in [1.29, 1.82) is 0 Å². The third-order valence-corrected chi connectivity index (χ3v) is 3.11. The van der Waals surface area contributed by atoms with Crippen molar-refractivity contribution in [3.8, 4) is 11.5 Å².